The summed E-state index contributed by atoms with van der Waals surface area (Å²) in [5.74, 6) is 0.833. The van der Waals surface area contributed by atoms with Gasteiger partial charge in [-0.15, -0.1) is 12.4 Å². The summed E-state index contributed by atoms with van der Waals surface area (Å²) >= 11 is 0. The van der Waals surface area contributed by atoms with Gasteiger partial charge in [0.25, 0.3) is 0 Å². The van der Waals surface area contributed by atoms with Crippen LogP contribution in [0.3, 0.4) is 0 Å². The van der Waals surface area contributed by atoms with Crippen molar-refractivity contribution < 1.29 is 4.79 Å². The van der Waals surface area contributed by atoms with E-state index in [1.165, 1.54) is 11.1 Å². The molecule has 110 valence electrons. The van der Waals surface area contributed by atoms with E-state index in [0.717, 1.165) is 38.9 Å². The van der Waals surface area contributed by atoms with Crippen LogP contribution in [-0.2, 0) is 4.79 Å². The molecule has 1 aromatic rings. The van der Waals surface area contributed by atoms with Crippen LogP contribution in [0.4, 0.5) is 0 Å². The van der Waals surface area contributed by atoms with Gasteiger partial charge in [0, 0.05) is 19.0 Å². The lowest BCUT2D eigenvalue weighted by Gasteiger charge is -2.21. The number of amides is 1. The Labute approximate surface area is 127 Å². The first-order valence-corrected chi connectivity index (χ1v) is 7.33. The van der Waals surface area contributed by atoms with E-state index < -0.39 is 0 Å². The third-order valence-corrected chi connectivity index (χ3v) is 4.49. The Bertz CT molecular complexity index is 471. The Kier molecular flexibility index (Phi) is 5.06. The van der Waals surface area contributed by atoms with Crippen LogP contribution in [-0.4, -0.2) is 36.5 Å². The summed E-state index contributed by atoms with van der Waals surface area (Å²) in [5, 5.41) is 3.31. The fourth-order valence-electron chi connectivity index (χ4n) is 3.37. The van der Waals surface area contributed by atoms with Crippen molar-refractivity contribution in [3.8, 4) is 0 Å². The lowest BCUT2D eigenvalue weighted by atomic mass is 9.94. The number of hydrogen-bond donors (Lipinski definition) is 1. The maximum Gasteiger partial charge on any atom is 0.239 e. The van der Waals surface area contributed by atoms with Crippen LogP contribution in [0.5, 0.6) is 0 Å². The second kappa shape index (κ2) is 6.59. The quantitative estimate of drug-likeness (QED) is 0.909. The summed E-state index contributed by atoms with van der Waals surface area (Å²) in [6.07, 6.45) is 3.24. The fraction of sp³-hybridized carbons (Fsp3) is 0.562. The van der Waals surface area contributed by atoms with E-state index in [1.54, 1.807) is 0 Å². The van der Waals surface area contributed by atoms with Crippen LogP contribution in [0.25, 0.3) is 0 Å². The van der Waals surface area contributed by atoms with E-state index >= 15 is 0 Å². The predicted octanol–water partition coefficient (Wildman–Crippen LogP) is 2.48. The summed E-state index contributed by atoms with van der Waals surface area (Å²) in [6, 6.07) is 8.64. The Hall–Kier alpha value is -1.06. The zero-order valence-electron chi connectivity index (χ0n) is 12.0. The Morgan fingerprint density at radius 2 is 2.10 bits per heavy atom. The molecule has 0 bridgehead atoms. The van der Waals surface area contributed by atoms with Crippen LogP contribution in [0.1, 0.15) is 36.3 Å². The van der Waals surface area contributed by atoms with Crippen LogP contribution in [0.2, 0.25) is 0 Å². The number of rotatable bonds is 2. The zero-order valence-corrected chi connectivity index (χ0v) is 12.8. The van der Waals surface area contributed by atoms with Crippen LogP contribution in [0, 0.1) is 6.92 Å². The number of benzene rings is 1. The highest BCUT2D eigenvalue weighted by Gasteiger charge is 2.32. The molecule has 1 N–H and O–H groups in total. The van der Waals surface area contributed by atoms with E-state index in [1.807, 2.05) is 0 Å². The molecule has 2 fully saturated rings. The fourth-order valence-corrected chi connectivity index (χ4v) is 3.37. The summed E-state index contributed by atoms with van der Waals surface area (Å²) in [6.45, 7) is 4.96. The molecule has 0 radical (unpaired) electrons. The molecule has 2 heterocycles. The average Bonchev–Trinajstić information content (AvgIpc) is 3.10. The van der Waals surface area contributed by atoms with Crippen molar-refractivity contribution in [2.75, 3.05) is 19.6 Å². The van der Waals surface area contributed by atoms with Gasteiger partial charge in [-0.1, -0.05) is 24.3 Å². The Morgan fingerprint density at radius 1 is 1.30 bits per heavy atom. The monoisotopic (exact) mass is 294 g/mol. The Balaban J connectivity index is 0.00000147. The maximum atomic E-state index is 12.4. The highest BCUT2D eigenvalue weighted by Crippen LogP contribution is 2.30. The molecule has 3 nitrogen and oxygen atoms in total. The first-order chi connectivity index (χ1) is 9.25. The number of likely N-dealkylation sites (tertiary alicyclic amines) is 1. The van der Waals surface area contributed by atoms with E-state index in [2.05, 4.69) is 41.4 Å². The molecular weight excluding hydrogens is 272 g/mol. The van der Waals surface area contributed by atoms with E-state index in [4.69, 9.17) is 0 Å². The van der Waals surface area contributed by atoms with Gasteiger partial charge in [0.1, 0.15) is 0 Å². The van der Waals surface area contributed by atoms with Gasteiger partial charge in [-0.25, -0.2) is 0 Å². The number of hydrogen-bond acceptors (Lipinski definition) is 2. The molecule has 0 aliphatic carbocycles. The molecule has 20 heavy (non-hydrogen) atoms. The van der Waals surface area contributed by atoms with E-state index in [9.17, 15) is 4.79 Å². The second-order valence-electron chi connectivity index (χ2n) is 5.78. The molecular formula is C16H23ClN2O. The van der Waals surface area contributed by atoms with Gasteiger partial charge in [0.15, 0.2) is 0 Å². The van der Waals surface area contributed by atoms with Crippen molar-refractivity contribution >= 4 is 18.3 Å². The minimum atomic E-state index is 0. The molecule has 2 aliphatic rings. The molecule has 2 atom stereocenters. The van der Waals surface area contributed by atoms with Crippen molar-refractivity contribution in [1.29, 1.82) is 0 Å². The third kappa shape index (κ3) is 2.99. The van der Waals surface area contributed by atoms with Crippen molar-refractivity contribution in [2.45, 2.75) is 38.1 Å². The highest BCUT2D eigenvalue weighted by atomic mass is 35.5. The number of nitrogens with zero attached hydrogens (tertiary/aromatic N) is 1. The minimum absolute atomic E-state index is 0. The van der Waals surface area contributed by atoms with Gasteiger partial charge in [-0.3, -0.25) is 4.79 Å². The van der Waals surface area contributed by atoms with Crippen molar-refractivity contribution in [2.24, 2.45) is 0 Å². The zero-order chi connectivity index (χ0) is 13.2. The van der Waals surface area contributed by atoms with Crippen molar-refractivity contribution in [1.82, 2.24) is 10.2 Å². The first kappa shape index (κ1) is 15.3. The highest BCUT2D eigenvalue weighted by molar-refractivity contribution is 5.85. The van der Waals surface area contributed by atoms with Crippen molar-refractivity contribution in [3.63, 3.8) is 0 Å². The SMILES string of the molecule is Cc1ccccc1C1CCN(C(=O)C2CCCN2)C1.Cl. The second-order valence-corrected chi connectivity index (χ2v) is 5.78. The molecule has 3 rings (SSSR count). The van der Waals surface area contributed by atoms with Gasteiger partial charge < -0.3 is 10.2 Å². The van der Waals surface area contributed by atoms with Gasteiger partial charge in [-0.05, 0) is 43.9 Å². The van der Waals surface area contributed by atoms with Crippen LogP contribution < -0.4 is 5.32 Å². The number of carbonyl (C=O) groups excluding carboxylic acids is 1. The van der Waals surface area contributed by atoms with Crippen LogP contribution in [0.15, 0.2) is 24.3 Å². The average molecular weight is 295 g/mol. The van der Waals surface area contributed by atoms with Gasteiger partial charge >= 0.3 is 0 Å². The van der Waals surface area contributed by atoms with Gasteiger partial charge in [-0.2, -0.15) is 0 Å². The topological polar surface area (TPSA) is 32.3 Å². The third-order valence-electron chi connectivity index (χ3n) is 4.49. The molecule has 2 saturated heterocycles. The number of carbonyl (C=O) groups is 1. The number of halogens is 1. The minimum Gasteiger partial charge on any atom is -0.341 e. The maximum absolute atomic E-state index is 12.4. The molecule has 4 heteroatoms. The lowest BCUT2D eigenvalue weighted by Crippen LogP contribution is -2.42. The summed E-state index contributed by atoms with van der Waals surface area (Å²) in [5.41, 5.74) is 2.76. The standard InChI is InChI=1S/C16H22N2O.ClH/c1-12-5-2-3-6-14(12)13-8-10-18(11-13)16(19)15-7-4-9-17-15;/h2-3,5-6,13,15,17H,4,7-11H2,1H3;1H. The lowest BCUT2D eigenvalue weighted by molar-refractivity contribution is -0.132. The van der Waals surface area contributed by atoms with E-state index in [-0.39, 0.29) is 18.4 Å². The largest absolute Gasteiger partial charge is 0.341 e. The van der Waals surface area contributed by atoms with Crippen LogP contribution >= 0.6 is 12.4 Å². The molecule has 2 unspecified atom stereocenters. The smallest absolute Gasteiger partial charge is 0.239 e. The van der Waals surface area contributed by atoms with Gasteiger partial charge in [0.05, 0.1) is 6.04 Å². The van der Waals surface area contributed by atoms with Gasteiger partial charge in [0.2, 0.25) is 5.91 Å². The molecule has 1 aromatic carbocycles. The molecule has 2 aliphatic heterocycles. The molecule has 0 spiro atoms. The summed E-state index contributed by atoms with van der Waals surface area (Å²) < 4.78 is 0. The molecule has 1 amide bonds. The van der Waals surface area contributed by atoms with E-state index in [0.29, 0.717) is 11.8 Å². The molecule has 0 saturated carbocycles. The molecule has 0 aromatic heterocycles. The van der Waals surface area contributed by atoms with Crippen molar-refractivity contribution in [3.05, 3.63) is 35.4 Å². The number of nitrogens with one attached hydrogen (secondary N) is 1. The Morgan fingerprint density at radius 3 is 2.80 bits per heavy atom. The number of aryl methyl sites for hydroxylation is 1. The summed E-state index contributed by atoms with van der Waals surface area (Å²) in [4.78, 5) is 14.4. The summed E-state index contributed by atoms with van der Waals surface area (Å²) in [7, 11) is 0. The predicted molar refractivity (Wildman–Crippen MR) is 83.4 cm³/mol. The first-order valence-electron chi connectivity index (χ1n) is 7.33. The normalized spacial score (nSPS) is 25.6.